The van der Waals surface area contributed by atoms with Gasteiger partial charge in [-0.15, -0.1) is 0 Å². The molecule has 1 aliphatic rings. The van der Waals surface area contributed by atoms with E-state index in [1.165, 1.54) is 25.1 Å². The molecular weight excluding hydrogens is 289 g/mol. The van der Waals surface area contributed by atoms with Crippen molar-refractivity contribution in [3.63, 3.8) is 0 Å². The van der Waals surface area contributed by atoms with Gasteiger partial charge in [0, 0.05) is 25.3 Å². The van der Waals surface area contributed by atoms with Crippen LogP contribution in [0.3, 0.4) is 0 Å². The first-order chi connectivity index (χ1) is 10.5. The lowest BCUT2D eigenvalue weighted by Gasteiger charge is -2.27. The molecule has 1 atom stereocenters. The number of benzene rings is 1. The Labute approximate surface area is 128 Å². The van der Waals surface area contributed by atoms with E-state index in [0.29, 0.717) is 26.1 Å². The number of carboxylic acids is 1. The number of carbonyl (C=O) groups excluding carboxylic acids is 1. The molecule has 0 spiro atoms. The summed E-state index contributed by atoms with van der Waals surface area (Å²) in [4.78, 5) is 23.5. The minimum atomic E-state index is -0.928. The molecule has 0 aliphatic carbocycles. The lowest BCUT2D eigenvalue weighted by atomic mass is 9.86. The average molecular weight is 309 g/mol. The molecule has 5 nitrogen and oxygen atoms in total. The predicted molar refractivity (Wildman–Crippen MR) is 78.1 cm³/mol. The van der Waals surface area contributed by atoms with Crippen LogP contribution in [-0.2, 0) is 9.53 Å². The van der Waals surface area contributed by atoms with Crippen LogP contribution in [0.15, 0.2) is 18.2 Å². The fourth-order valence-corrected chi connectivity index (χ4v) is 2.73. The summed E-state index contributed by atoms with van der Waals surface area (Å²) in [6.07, 6.45) is 1.34. The van der Waals surface area contributed by atoms with Crippen molar-refractivity contribution in [1.29, 1.82) is 0 Å². The number of aliphatic carboxylic acids is 1. The van der Waals surface area contributed by atoms with E-state index >= 15 is 0 Å². The van der Waals surface area contributed by atoms with Crippen LogP contribution in [0.5, 0.6) is 0 Å². The topological polar surface area (TPSA) is 75.6 Å². The normalized spacial score (nSPS) is 17.0. The van der Waals surface area contributed by atoms with Gasteiger partial charge in [-0.1, -0.05) is 6.07 Å². The largest absolute Gasteiger partial charge is 0.481 e. The zero-order valence-corrected chi connectivity index (χ0v) is 12.5. The lowest BCUT2D eigenvalue weighted by molar-refractivity contribution is -0.144. The van der Waals surface area contributed by atoms with Gasteiger partial charge in [-0.3, -0.25) is 9.59 Å². The third-order valence-electron chi connectivity index (χ3n) is 4.15. The summed E-state index contributed by atoms with van der Waals surface area (Å²) >= 11 is 0. The number of carboxylic acid groups (broad SMARTS) is 1. The Morgan fingerprint density at radius 1 is 1.41 bits per heavy atom. The van der Waals surface area contributed by atoms with E-state index in [9.17, 15) is 19.1 Å². The maximum Gasteiger partial charge on any atom is 0.308 e. The maximum absolute atomic E-state index is 13.5. The van der Waals surface area contributed by atoms with Gasteiger partial charge in [0.1, 0.15) is 5.82 Å². The molecule has 1 unspecified atom stereocenters. The molecule has 1 aromatic rings. The fourth-order valence-electron chi connectivity index (χ4n) is 2.73. The lowest BCUT2D eigenvalue weighted by Crippen LogP contribution is -2.39. The van der Waals surface area contributed by atoms with Gasteiger partial charge in [0.25, 0.3) is 5.91 Å². The number of halogens is 1. The summed E-state index contributed by atoms with van der Waals surface area (Å²) in [5, 5.41) is 12.0. The third-order valence-corrected chi connectivity index (χ3v) is 4.15. The Morgan fingerprint density at radius 2 is 2.09 bits per heavy atom. The molecular formula is C16H20FNO4. The molecule has 22 heavy (non-hydrogen) atoms. The Morgan fingerprint density at radius 3 is 2.73 bits per heavy atom. The predicted octanol–water partition coefficient (Wildman–Crippen LogP) is 1.99. The monoisotopic (exact) mass is 309 g/mol. The number of rotatable bonds is 5. The van der Waals surface area contributed by atoms with Gasteiger partial charge in [-0.25, -0.2) is 4.39 Å². The highest BCUT2D eigenvalue weighted by atomic mass is 19.1. The first-order valence-corrected chi connectivity index (χ1v) is 7.34. The zero-order chi connectivity index (χ0) is 16.1. The van der Waals surface area contributed by atoms with Gasteiger partial charge in [0.2, 0.25) is 0 Å². The van der Waals surface area contributed by atoms with Crippen LogP contribution >= 0.6 is 0 Å². The molecule has 0 aromatic heterocycles. The van der Waals surface area contributed by atoms with Crippen LogP contribution in [-0.4, -0.2) is 36.7 Å². The van der Waals surface area contributed by atoms with Crippen LogP contribution in [0.1, 0.15) is 28.8 Å². The first-order valence-electron chi connectivity index (χ1n) is 7.34. The number of amides is 1. The molecule has 1 amide bonds. The first kappa shape index (κ1) is 16.4. The Kier molecular flexibility index (Phi) is 5.49. The molecule has 6 heteroatoms. The Hall–Kier alpha value is -1.95. The molecule has 2 rings (SSSR count). The molecule has 0 bridgehead atoms. The van der Waals surface area contributed by atoms with Crippen molar-refractivity contribution in [2.75, 3.05) is 19.8 Å². The summed E-state index contributed by atoms with van der Waals surface area (Å²) in [6, 6.07) is 4.27. The SMILES string of the molecule is Cc1c(F)cccc1C(=O)NCC(C(=O)O)C1CCOCC1. The zero-order valence-electron chi connectivity index (χ0n) is 12.5. The number of carbonyl (C=O) groups is 2. The van der Waals surface area contributed by atoms with E-state index in [1.54, 1.807) is 0 Å². The van der Waals surface area contributed by atoms with Crippen molar-refractivity contribution >= 4 is 11.9 Å². The Bertz CT molecular complexity index is 555. The highest BCUT2D eigenvalue weighted by Gasteiger charge is 2.30. The van der Waals surface area contributed by atoms with E-state index in [4.69, 9.17) is 4.74 Å². The highest BCUT2D eigenvalue weighted by Crippen LogP contribution is 2.24. The quantitative estimate of drug-likeness (QED) is 0.872. The number of hydrogen-bond acceptors (Lipinski definition) is 3. The smallest absolute Gasteiger partial charge is 0.308 e. The van der Waals surface area contributed by atoms with Gasteiger partial charge in [0.15, 0.2) is 0 Å². The van der Waals surface area contributed by atoms with Crippen LogP contribution in [0.2, 0.25) is 0 Å². The van der Waals surface area contributed by atoms with E-state index in [0.717, 1.165) is 0 Å². The fraction of sp³-hybridized carbons (Fsp3) is 0.500. The van der Waals surface area contributed by atoms with Crippen LogP contribution in [0, 0.1) is 24.6 Å². The maximum atomic E-state index is 13.5. The third kappa shape index (κ3) is 3.82. The molecule has 1 fully saturated rings. The van der Waals surface area contributed by atoms with Crippen molar-refractivity contribution in [3.8, 4) is 0 Å². The molecule has 1 aromatic carbocycles. The highest BCUT2D eigenvalue weighted by molar-refractivity contribution is 5.95. The van der Waals surface area contributed by atoms with Gasteiger partial charge in [-0.05, 0) is 43.4 Å². The van der Waals surface area contributed by atoms with Crippen molar-refractivity contribution < 1.29 is 23.8 Å². The van der Waals surface area contributed by atoms with Crippen molar-refractivity contribution in [1.82, 2.24) is 5.32 Å². The van der Waals surface area contributed by atoms with E-state index < -0.39 is 23.6 Å². The molecule has 120 valence electrons. The molecule has 1 aliphatic heterocycles. The van der Waals surface area contributed by atoms with E-state index in [-0.39, 0.29) is 23.6 Å². The van der Waals surface area contributed by atoms with Crippen molar-refractivity contribution in [2.24, 2.45) is 11.8 Å². The van der Waals surface area contributed by atoms with Gasteiger partial charge >= 0.3 is 5.97 Å². The molecule has 0 saturated carbocycles. The molecule has 1 saturated heterocycles. The summed E-state index contributed by atoms with van der Waals surface area (Å²) in [5.74, 6) is -2.49. The standard InChI is InChI=1S/C16H20FNO4/c1-10-12(3-2-4-14(10)17)15(19)18-9-13(16(20)21)11-5-7-22-8-6-11/h2-4,11,13H,5-9H2,1H3,(H,18,19)(H,20,21). The molecule has 0 radical (unpaired) electrons. The van der Waals surface area contributed by atoms with E-state index in [1.807, 2.05) is 0 Å². The second-order valence-corrected chi connectivity index (χ2v) is 5.52. The number of nitrogens with one attached hydrogen (secondary N) is 1. The van der Waals surface area contributed by atoms with Crippen LogP contribution in [0.25, 0.3) is 0 Å². The molecule has 2 N–H and O–H groups in total. The minimum Gasteiger partial charge on any atom is -0.481 e. The average Bonchev–Trinajstić information content (AvgIpc) is 2.50. The van der Waals surface area contributed by atoms with Crippen LogP contribution < -0.4 is 5.32 Å². The number of ether oxygens (including phenoxy) is 1. The number of hydrogen-bond donors (Lipinski definition) is 2. The summed E-state index contributed by atoms with van der Waals surface area (Å²) in [7, 11) is 0. The minimum absolute atomic E-state index is 0.0137. The summed E-state index contributed by atoms with van der Waals surface area (Å²) in [6.45, 7) is 2.66. The Balaban J connectivity index is 2.01. The van der Waals surface area contributed by atoms with Crippen molar-refractivity contribution in [3.05, 3.63) is 35.1 Å². The summed E-state index contributed by atoms with van der Waals surface area (Å²) < 4.78 is 18.7. The van der Waals surface area contributed by atoms with Gasteiger partial charge in [0.05, 0.1) is 5.92 Å². The van der Waals surface area contributed by atoms with Crippen molar-refractivity contribution in [2.45, 2.75) is 19.8 Å². The second-order valence-electron chi connectivity index (χ2n) is 5.52. The summed E-state index contributed by atoms with van der Waals surface area (Å²) in [5.41, 5.74) is 0.494. The second kappa shape index (κ2) is 7.35. The molecule has 1 heterocycles. The van der Waals surface area contributed by atoms with E-state index in [2.05, 4.69) is 5.32 Å². The van der Waals surface area contributed by atoms with Gasteiger partial charge < -0.3 is 15.2 Å². The van der Waals surface area contributed by atoms with Crippen LogP contribution in [0.4, 0.5) is 4.39 Å². The van der Waals surface area contributed by atoms with Gasteiger partial charge in [-0.2, -0.15) is 0 Å².